The second kappa shape index (κ2) is 11.0. The molecule has 1 aromatic heterocycles. The summed E-state index contributed by atoms with van der Waals surface area (Å²) in [5, 5.41) is 19.0. The highest BCUT2D eigenvalue weighted by Gasteiger charge is 2.35. The lowest BCUT2D eigenvalue weighted by Crippen LogP contribution is -2.31. The first-order chi connectivity index (χ1) is 18.4. The molecule has 4 aromatic rings. The molecule has 1 aliphatic heterocycles. The van der Waals surface area contributed by atoms with Gasteiger partial charge in [0.1, 0.15) is 12.6 Å². The number of nitrogens with zero attached hydrogens (tertiary/aromatic N) is 4. The van der Waals surface area contributed by atoms with Crippen LogP contribution in [0.5, 0.6) is 11.5 Å². The van der Waals surface area contributed by atoms with Crippen molar-refractivity contribution >= 4 is 56.7 Å². The normalized spacial score (nSPS) is 14.5. The van der Waals surface area contributed by atoms with Crippen molar-refractivity contribution in [1.29, 1.82) is 0 Å². The van der Waals surface area contributed by atoms with Crippen LogP contribution in [0, 0.1) is 0 Å². The summed E-state index contributed by atoms with van der Waals surface area (Å²) in [6.07, 6.45) is 0. The molecule has 12 heteroatoms. The van der Waals surface area contributed by atoms with Crippen LogP contribution in [0.1, 0.15) is 24.1 Å². The summed E-state index contributed by atoms with van der Waals surface area (Å²) in [7, 11) is 1.55. The first-order valence-electron chi connectivity index (χ1n) is 11.4. The molecule has 1 unspecified atom stereocenters. The Morgan fingerprint density at radius 2 is 1.92 bits per heavy atom. The van der Waals surface area contributed by atoms with Crippen LogP contribution in [0.25, 0.3) is 0 Å². The fraction of sp³-hybridized carbons (Fsp3) is 0.154. The summed E-state index contributed by atoms with van der Waals surface area (Å²) >= 11 is 15.8. The van der Waals surface area contributed by atoms with Crippen molar-refractivity contribution in [3.8, 4) is 11.5 Å². The van der Waals surface area contributed by atoms with Gasteiger partial charge in [-0.3, -0.25) is 4.79 Å². The number of anilines is 2. The fourth-order valence-electron chi connectivity index (χ4n) is 4.16. The Hall–Kier alpha value is -3.60. The van der Waals surface area contributed by atoms with E-state index < -0.39 is 6.04 Å². The average molecular weight is 616 g/mol. The van der Waals surface area contributed by atoms with Crippen molar-refractivity contribution in [2.75, 3.05) is 17.7 Å². The van der Waals surface area contributed by atoms with Gasteiger partial charge in [0.15, 0.2) is 11.5 Å². The number of allylic oxidation sites excluding steroid dienone is 1. The molecule has 0 bridgehead atoms. The lowest BCUT2D eigenvalue weighted by atomic mass is 9.94. The minimum atomic E-state index is -0.640. The third-order valence-electron chi connectivity index (χ3n) is 5.93. The van der Waals surface area contributed by atoms with E-state index in [0.717, 1.165) is 5.56 Å². The number of carbonyl (C=O) groups is 1. The molecule has 2 N–H and O–H groups in total. The number of benzene rings is 3. The summed E-state index contributed by atoms with van der Waals surface area (Å²) in [5.41, 5.74) is 3.30. The van der Waals surface area contributed by atoms with E-state index in [-0.39, 0.29) is 12.5 Å². The topological polar surface area (TPSA) is 103 Å². The molecule has 0 aliphatic carbocycles. The molecule has 1 atom stereocenters. The number of hydrogen-bond donors (Lipinski definition) is 2. The van der Waals surface area contributed by atoms with E-state index in [1.54, 1.807) is 30.0 Å². The maximum absolute atomic E-state index is 13.5. The van der Waals surface area contributed by atoms with Crippen molar-refractivity contribution in [3.05, 3.63) is 97.6 Å². The van der Waals surface area contributed by atoms with Crippen LogP contribution >= 0.6 is 39.1 Å². The number of amides is 1. The SMILES string of the molecule is COc1cc(C2C(C(=O)Nc3ccccc3)=C(C)Nc3nnnn32)cc(Br)c1OCc1ccc(Cl)c(Cl)c1. The van der Waals surface area contributed by atoms with Gasteiger partial charge < -0.3 is 20.1 Å². The maximum Gasteiger partial charge on any atom is 0.255 e. The van der Waals surface area contributed by atoms with Crippen LogP contribution in [0.4, 0.5) is 11.6 Å². The molecule has 1 amide bonds. The van der Waals surface area contributed by atoms with E-state index in [0.29, 0.717) is 54.5 Å². The number of para-hydroxylation sites is 1. The van der Waals surface area contributed by atoms with Crippen LogP contribution in [-0.2, 0) is 11.4 Å². The zero-order valence-corrected chi connectivity index (χ0v) is 23.3. The predicted octanol–water partition coefficient (Wildman–Crippen LogP) is 6.26. The molecule has 2 heterocycles. The average Bonchev–Trinajstić information content (AvgIpc) is 3.37. The summed E-state index contributed by atoms with van der Waals surface area (Å²) in [5.74, 6) is 1.08. The number of tetrazole rings is 1. The molecule has 0 saturated heterocycles. The van der Waals surface area contributed by atoms with Gasteiger partial charge in [0.25, 0.3) is 5.91 Å². The Balaban J connectivity index is 1.50. The number of carbonyl (C=O) groups excluding carboxylic acids is 1. The van der Waals surface area contributed by atoms with E-state index in [1.165, 1.54) is 0 Å². The molecular formula is C26H21BrCl2N6O3. The highest BCUT2D eigenvalue weighted by Crippen LogP contribution is 2.43. The smallest absolute Gasteiger partial charge is 0.255 e. The highest BCUT2D eigenvalue weighted by atomic mass is 79.9. The molecule has 5 rings (SSSR count). The number of fused-ring (bicyclic) bond motifs is 1. The first-order valence-corrected chi connectivity index (χ1v) is 13.0. The Labute approximate surface area is 236 Å². The molecule has 194 valence electrons. The summed E-state index contributed by atoms with van der Waals surface area (Å²) in [6.45, 7) is 2.05. The molecule has 0 saturated carbocycles. The molecule has 3 aromatic carbocycles. The van der Waals surface area contributed by atoms with Crippen LogP contribution < -0.4 is 20.1 Å². The predicted molar refractivity (Wildman–Crippen MR) is 149 cm³/mol. The zero-order valence-electron chi connectivity index (χ0n) is 20.2. The lowest BCUT2D eigenvalue weighted by Gasteiger charge is -2.28. The number of aromatic nitrogens is 4. The molecule has 0 fully saturated rings. The minimum absolute atomic E-state index is 0.236. The zero-order chi connectivity index (χ0) is 26.8. The Kier molecular flexibility index (Phi) is 7.55. The quantitative estimate of drug-likeness (QED) is 0.253. The molecular weight excluding hydrogens is 595 g/mol. The molecule has 9 nitrogen and oxygen atoms in total. The van der Waals surface area contributed by atoms with Gasteiger partial charge in [0.2, 0.25) is 5.95 Å². The number of hydrogen-bond acceptors (Lipinski definition) is 7. The number of ether oxygens (including phenoxy) is 2. The van der Waals surface area contributed by atoms with Crippen LogP contribution in [0.3, 0.4) is 0 Å². The fourth-order valence-corrected chi connectivity index (χ4v) is 5.05. The summed E-state index contributed by atoms with van der Waals surface area (Å²) < 4.78 is 14.0. The molecule has 0 radical (unpaired) electrons. The Morgan fingerprint density at radius 1 is 1.13 bits per heavy atom. The minimum Gasteiger partial charge on any atom is -0.493 e. The Bertz CT molecular complexity index is 1540. The largest absolute Gasteiger partial charge is 0.493 e. The van der Waals surface area contributed by atoms with Gasteiger partial charge in [0, 0.05) is 11.4 Å². The third kappa shape index (κ3) is 5.20. The van der Waals surface area contributed by atoms with Gasteiger partial charge in [-0.05, 0) is 80.8 Å². The Morgan fingerprint density at radius 3 is 2.66 bits per heavy atom. The summed E-state index contributed by atoms with van der Waals surface area (Å²) in [4.78, 5) is 13.5. The van der Waals surface area contributed by atoms with Gasteiger partial charge in [-0.15, -0.1) is 0 Å². The van der Waals surface area contributed by atoms with Crippen LogP contribution in [-0.4, -0.2) is 33.2 Å². The maximum atomic E-state index is 13.5. The van der Waals surface area contributed by atoms with Crippen molar-refractivity contribution in [3.63, 3.8) is 0 Å². The van der Waals surface area contributed by atoms with Gasteiger partial charge in [-0.1, -0.05) is 52.6 Å². The van der Waals surface area contributed by atoms with Gasteiger partial charge in [-0.2, -0.15) is 4.68 Å². The van der Waals surface area contributed by atoms with Crippen LogP contribution in [0.15, 0.2) is 76.4 Å². The van der Waals surface area contributed by atoms with E-state index >= 15 is 0 Å². The van der Waals surface area contributed by atoms with E-state index in [2.05, 4.69) is 42.1 Å². The molecule has 38 heavy (non-hydrogen) atoms. The highest BCUT2D eigenvalue weighted by molar-refractivity contribution is 9.10. The van der Waals surface area contributed by atoms with Crippen molar-refractivity contribution in [2.45, 2.75) is 19.6 Å². The van der Waals surface area contributed by atoms with Gasteiger partial charge >= 0.3 is 0 Å². The number of methoxy groups -OCH3 is 1. The molecule has 1 aliphatic rings. The van der Waals surface area contributed by atoms with Crippen LogP contribution in [0.2, 0.25) is 10.0 Å². The standard InChI is InChI=1S/C26H21BrCl2N6O3/c1-14-22(25(36)31-17-6-4-3-5-7-17)23(35-26(30-14)32-33-34-35)16-11-18(27)24(21(12-16)37-2)38-13-15-8-9-19(28)20(29)10-15/h3-12,23H,13H2,1-2H3,(H,31,36)(H,30,32,34). The second-order valence-corrected chi connectivity index (χ2v) is 10.1. The van der Waals surface area contributed by atoms with Gasteiger partial charge in [0.05, 0.1) is 27.2 Å². The third-order valence-corrected chi connectivity index (χ3v) is 7.25. The van der Waals surface area contributed by atoms with E-state index in [4.69, 9.17) is 32.7 Å². The van der Waals surface area contributed by atoms with Crippen molar-refractivity contribution in [2.24, 2.45) is 0 Å². The number of nitrogens with one attached hydrogen (secondary N) is 2. The van der Waals surface area contributed by atoms with E-state index in [9.17, 15) is 4.79 Å². The van der Waals surface area contributed by atoms with Gasteiger partial charge in [-0.25, -0.2) is 0 Å². The van der Waals surface area contributed by atoms with Crippen molar-refractivity contribution in [1.82, 2.24) is 20.2 Å². The second-order valence-electron chi connectivity index (χ2n) is 8.40. The number of halogens is 3. The first kappa shape index (κ1) is 26.0. The molecule has 0 spiro atoms. The number of rotatable bonds is 7. The monoisotopic (exact) mass is 614 g/mol. The van der Waals surface area contributed by atoms with Crippen molar-refractivity contribution < 1.29 is 14.3 Å². The lowest BCUT2D eigenvalue weighted by molar-refractivity contribution is -0.113. The van der Waals surface area contributed by atoms with E-state index in [1.807, 2.05) is 49.4 Å². The summed E-state index contributed by atoms with van der Waals surface area (Å²) in [6, 6.07) is 17.6.